The van der Waals surface area contributed by atoms with Crippen LogP contribution < -0.4 is 5.32 Å². The van der Waals surface area contributed by atoms with Crippen LogP contribution in [0.25, 0.3) is 10.9 Å². The largest absolute Gasteiger partial charge is 0.307 e. The molecule has 104 valence electrons. The van der Waals surface area contributed by atoms with Gasteiger partial charge in [-0.1, -0.05) is 54.6 Å². The van der Waals surface area contributed by atoms with E-state index < -0.39 is 0 Å². The first-order valence-electron chi connectivity index (χ1n) is 6.91. The number of halogens is 1. The van der Waals surface area contributed by atoms with E-state index >= 15 is 0 Å². The average Bonchev–Trinajstić information content (AvgIpc) is 2.77. The summed E-state index contributed by atoms with van der Waals surface area (Å²) < 4.78 is 3.21. The Labute approximate surface area is 128 Å². The van der Waals surface area contributed by atoms with Crippen LogP contribution in [0.1, 0.15) is 26.5 Å². The summed E-state index contributed by atoms with van der Waals surface area (Å²) in [7, 11) is 0. The molecule has 0 saturated heterocycles. The predicted molar refractivity (Wildman–Crippen MR) is 89.8 cm³/mol. The molecule has 2 rings (SSSR count). The van der Waals surface area contributed by atoms with Crippen molar-refractivity contribution < 1.29 is 0 Å². The van der Waals surface area contributed by atoms with Crippen LogP contribution in [0.5, 0.6) is 0 Å². The second kappa shape index (κ2) is 6.70. The highest BCUT2D eigenvalue weighted by Gasteiger charge is 2.14. The normalized spacial score (nSPS) is 13.3. The van der Waals surface area contributed by atoms with Crippen LogP contribution in [0.2, 0.25) is 0 Å². The summed E-state index contributed by atoms with van der Waals surface area (Å²) in [4.78, 5) is 0. The molecular formula is C15H22IN3. The van der Waals surface area contributed by atoms with Crippen LogP contribution in [-0.2, 0) is 13.1 Å². The zero-order chi connectivity index (χ0) is 13.8. The summed E-state index contributed by atoms with van der Waals surface area (Å²) in [6.45, 7) is 8.43. The zero-order valence-corrected chi connectivity index (χ0v) is 14.0. The van der Waals surface area contributed by atoms with E-state index in [0.29, 0.717) is 12.0 Å². The third kappa shape index (κ3) is 3.28. The third-order valence-electron chi connectivity index (χ3n) is 3.54. The van der Waals surface area contributed by atoms with E-state index in [1.807, 2.05) is 0 Å². The standard InChI is InChI=1S/C15H22IN3/c1-4-19-15-8-6-5-7-12(15)14(18-19)10-17-13(9-16)11(2)3/h5-8,11,13,17H,4,9-10H2,1-3H3. The molecule has 1 N–H and O–H groups in total. The Balaban J connectivity index is 2.21. The van der Waals surface area contributed by atoms with E-state index in [0.717, 1.165) is 23.2 Å². The number of benzene rings is 1. The van der Waals surface area contributed by atoms with Crippen LogP contribution in [0.4, 0.5) is 0 Å². The fourth-order valence-corrected chi connectivity index (χ4v) is 3.59. The summed E-state index contributed by atoms with van der Waals surface area (Å²) in [5.74, 6) is 0.649. The molecule has 0 spiro atoms. The number of para-hydroxylation sites is 1. The summed E-state index contributed by atoms with van der Waals surface area (Å²) in [6, 6.07) is 9.03. The lowest BCUT2D eigenvalue weighted by atomic mass is 10.1. The van der Waals surface area contributed by atoms with E-state index in [9.17, 15) is 0 Å². The average molecular weight is 371 g/mol. The molecule has 1 unspecified atom stereocenters. The molecule has 0 fully saturated rings. The highest BCUT2D eigenvalue weighted by Crippen LogP contribution is 2.18. The van der Waals surface area contributed by atoms with Crippen molar-refractivity contribution >= 4 is 33.5 Å². The molecule has 2 aromatic rings. The van der Waals surface area contributed by atoms with Crippen molar-refractivity contribution in [2.24, 2.45) is 5.92 Å². The molecule has 0 bridgehead atoms. The molecule has 0 radical (unpaired) electrons. The number of nitrogens with zero attached hydrogens (tertiary/aromatic N) is 2. The molecule has 3 nitrogen and oxygen atoms in total. The van der Waals surface area contributed by atoms with Gasteiger partial charge in [0, 0.05) is 28.9 Å². The number of nitrogens with one attached hydrogen (secondary N) is 1. The summed E-state index contributed by atoms with van der Waals surface area (Å²) in [6.07, 6.45) is 0. The minimum Gasteiger partial charge on any atom is -0.307 e. The Hall–Kier alpha value is -0.620. The van der Waals surface area contributed by atoms with Gasteiger partial charge in [-0.25, -0.2) is 0 Å². The molecule has 0 aliphatic heterocycles. The highest BCUT2D eigenvalue weighted by molar-refractivity contribution is 14.1. The van der Waals surface area contributed by atoms with Gasteiger partial charge < -0.3 is 5.32 Å². The number of fused-ring (bicyclic) bond motifs is 1. The fraction of sp³-hybridized carbons (Fsp3) is 0.533. The van der Waals surface area contributed by atoms with E-state index in [4.69, 9.17) is 5.10 Å². The van der Waals surface area contributed by atoms with Crippen molar-refractivity contribution in [1.82, 2.24) is 15.1 Å². The quantitative estimate of drug-likeness (QED) is 0.621. The first-order chi connectivity index (χ1) is 9.17. The maximum absolute atomic E-state index is 4.73. The maximum atomic E-state index is 4.73. The monoisotopic (exact) mass is 371 g/mol. The molecule has 1 atom stereocenters. The molecule has 0 amide bonds. The summed E-state index contributed by atoms with van der Waals surface area (Å²) >= 11 is 2.45. The van der Waals surface area contributed by atoms with E-state index in [-0.39, 0.29) is 0 Å². The second-order valence-corrected chi connectivity index (χ2v) is 6.05. The Morgan fingerprint density at radius 2 is 2.05 bits per heavy atom. The molecular weight excluding hydrogens is 349 g/mol. The number of aryl methyl sites for hydroxylation is 1. The lowest BCUT2D eigenvalue weighted by Crippen LogP contribution is -2.34. The van der Waals surface area contributed by atoms with Crippen molar-refractivity contribution in [3.8, 4) is 0 Å². The third-order valence-corrected chi connectivity index (χ3v) is 4.49. The van der Waals surface area contributed by atoms with Crippen molar-refractivity contribution in [2.45, 2.75) is 39.9 Å². The van der Waals surface area contributed by atoms with E-state index in [1.54, 1.807) is 0 Å². The van der Waals surface area contributed by atoms with Crippen molar-refractivity contribution in [2.75, 3.05) is 4.43 Å². The first-order valence-corrected chi connectivity index (χ1v) is 8.43. The smallest absolute Gasteiger partial charge is 0.0841 e. The van der Waals surface area contributed by atoms with Gasteiger partial charge in [-0.05, 0) is 18.9 Å². The van der Waals surface area contributed by atoms with Crippen LogP contribution >= 0.6 is 22.6 Å². The second-order valence-electron chi connectivity index (χ2n) is 5.17. The number of hydrogen-bond acceptors (Lipinski definition) is 2. The van der Waals surface area contributed by atoms with Gasteiger partial charge in [-0.15, -0.1) is 0 Å². The Bertz CT molecular complexity index is 533. The van der Waals surface area contributed by atoms with E-state index in [2.05, 4.69) is 77.6 Å². The maximum Gasteiger partial charge on any atom is 0.0841 e. The Kier molecular flexibility index (Phi) is 5.21. The van der Waals surface area contributed by atoms with Crippen LogP contribution in [-0.4, -0.2) is 20.2 Å². The van der Waals surface area contributed by atoms with E-state index in [1.165, 1.54) is 10.9 Å². The van der Waals surface area contributed by atoms with Gasteiger partial charge in [0.2, 0.25) is 0 Å². The minimum absolute atomic E-state index is 0.547. The minimum atomic E-state index is 0.547. The van der Waals surface area contributed by atoms with Gasteiger partial charge in [0.1, 0.15) is 0 Å². The van der Waals surface area contributed by atoms with Crippen molar-refractivity contribution in [1.29, 1.82) is 0 Å². The summed E-state index contributed by atoms with van der Waals surface area (Å²) in [5, 5.41) is 9.63. The zero-order valence-electron chi connectivity index (χ0n) is 11.9. The number of rotatable bonds is 6. The van der Waals surface area contributed by atoms with Crippen molar-refractivity contribution in [3.05, 3.63) is 30.0 Å². The number of hydrogen-bond donors (Lipinski definition) is 1. The van der Waals surface area contributed by atoms with Crippen LogP contribution in [0.15, 0.2) is 24.3 Å². The SMILES string of the molecule is CCn1nc(CNC(CI)C(C)C)c2ccccc21. The van der Waals surface area contributed by atoms with Gasteiger partial charge >= 0.3 is 0 Å². The molecule has 0 aliphatic rings. The van der Waals surface area contributed by atoms with Gasteiger partial charge in [-0.3, -0.25) is 4.68 Å². The molecule has 19 heavy (non-hydrogen) atoms. The Morgan fingerprint density at radius 1 is 1.32 bits per heavy atom. The lowest BCUT2D eigenvalue weighted by Gasteiger charge is -2.19. The van der Waals surface area contributed by atoms with Crippen LogP contribution in [0.3, 0.4) is 0 Å². The molecule has 0 aliphatic carbocycles. The highest BCUT2D eigenvalue weighted by atomic mass is 127. The van der Waals surface area contributed by atoms with Crippen molar-refractivity contribution in [3.63, 3.8) is 0 Å². The molecule has 4 heteroatoms. The predicted octanol–water partition coefficient (Wildman–Crippen LogP) is 3.61. The summed E-state index contributed by atoms with van der Waals surface area (Å²) in [5.41, 5.74) is 2.39. The van der Waals surface area contributed by atoms with Gasteiger partial charge in [0.05, 0.1) is 11.2 Å². The van der Waals surface area contributed by atoms with Gasteiger partial charge in [0.25, 0.3) is 0 Å². The molecule has 0 saturated carbocycles. The number of alkyl halides is 1. The molecule has 1 aromatic carbocycles. The van der Waals surface area contributed by atoms with Gasteiger partial charge in [-0.2, -0.15) is 5.10 Å². The molecule has 1 aromatic heterocycles. The number of aromatic nitrogens is 2. The molecule has 1 heterocycles. The fourth-order valence-electron chi connectivity index (χ4n) is 2.26. The lowest BCUT2D eigenvalue weighted by molar-refractivity contribution is 0.433. The van der Waals surface area contributed by atoms with Crippen LogP contribution in [0, 0.1) is 5.92 Å². The Morgan fingerprint density at radius 3 is 2.68 bits per heavy atom. The van der Waals surface area contributed by atoms with Gasteiger partial charge in [0.15, 0.2) is 0 Å². The first kappa shape index (κ1) is 14.8. The topological polar surface area (TPSA) is 29.9 Å².